The quantitative estimate of drug-likeness (QED) is 0.503. The number of aryl methyl sites for hydroxylation is 1. The van der Waals surface area contributed by atoms with Crippen LogP contribution in [-0.4, -0.2) is 23.5 Å². The van der Waals surface area contributed by atoms with Crippen molar-refractivity contribution in [1.82, 2.24) is 4.98 Å². The molecule has 2 heterocycles. The van der Waals surface area contributed by atoms with Crippen LogP contribution in [0.5, 0.6) is 0 Å². The summed E-state index contributed by atoms with van der Waals surface area (Å²) in [6.45, 7) is 5.62. The van der Waals surface area contributed by atoms with Gasteiger partial charge in [0, 0.05) is 17.3 Å². The van der Waals surface area contributed by atoms with Crippen LogP contribution >= 0.6 is 11.3 Å². The highest BCUT2D eigenvalue weighted by atomic mass is 32.1. The van der Waals surface area contributed by atoms with Gasteiger partial charge in [0.15, 0.2) is 0 Å². The van der Waals surface area contributed by atoms with Crippen LogP contribution < -0.4 is 5.32 Å². The number of thiophene rings is 1. The molecule has 2 rings (SSSR count). The number of anilines is 1. The van der Waals surface area contributed by atoms with Crippen LogP contribution in [0.2, 0.25) is 0 Å². The minimum absolute atomic E-state index is 0.0651. The Labute approximate surface area is 149 Å². The predicted molar refractivity (Wildman–Crippen MR) is 96.2 cm³/mol. The van der Waals surface area contributed by atoms with Gasteiger partial charge in [0.25, 0.3) is 5.91 Å². The molecular formula is C18H17N3O3S. The second-order valence-corrected chi connectivity index (χ2v) is 6.34. The van der Waals surface area contributed by atoms with Crippen molar-refractivity contribution in [2.45, 2.75) is 20.8 Å². The normalized spacial score (nSPS) is 10.9. The minimum Gasteiger partial charge on any atom is -0.462 e. The van der Waals surface area contributed by atoms with Gasteiger partial charge in [0.1, 0.15) is 16.6 Å². The minimum atomic E-state index is -0.578. The van der Waals surface area contributed by atoms with Crippen LogP contribution in [0.25, 0.3) is 6.08 Å². The number of esters is 1. The maximum atomic E-state index is 12.4. The average molecular weight is 355 g/mol. The van der Waals surface area contributed by atoms with Crippen LogP contribution in [0.3, 0.4) is 0 Å². The predicted octanol–water partition coefficient (Wildman–Crippen LogP) is 3.48. The number of nitrogens with one attached hydrogen (secondary N) is 1. The van der Waals surface area contributed by atoms with Gasteiger partial charge in [-0.1, -0.05) is 0 Å². The maximum Gasteiger partial charge on any atom is 0.341 e. The Morgan fingerprint density at radius 2 is 2.04 bits per heavy atom. The smallest absolute Gasteiger partial charge is 0.341 e. The monoisotopic (exact) mass is 355 g/mol. The van der Waals surface area contributed by atoms with E-state index >= 15 is 0 Å². The molecule has 0 atom stereocenters. The maximum absolute atomic E-state index is 12.4. The summed E-state index contributed by atoms with van der Waals surface area (Å²) in [6, 6.07) is 5.26. The molecule has 1 amide bonds. The number of aromatic nitrogens is 1. The van der Waals surface area contributed by atoms with E-state index in [4.69, 9.17) is 4.74 Å². The highest BCUT2D eigenvalue weighted by Gasteiger charge is 2.23. The molecule has 128 valence electrons. The SMILES string of the molecule is CCOC(=O)c1c(NC(=O)C(C#N)=Cc2ccncc2)sc(C)c1C. The molecule has 0 saturated heterocycles. The number of rotatable bonds is 5. The Kier molecular flexibility index (Phi) is 6.03. The van der Waals surface area contributed by atoms with Crippen molar-refractivity contribution >= 4 is 34.3 Å². The summed E-state index contributed by atoms with van der Waals surface area (Å²) in [4.78, 5) is 29.4. The fraction of sp³-hybridized carbons (Fsp3) is 0.222. The molecule has 7 heteroatoms. The molecule has 25 heavy (non-hydrogen) atoms. The molecule has 6 nitrogen and oxygen atoms in total. The third-order valence-electron chi connectivity index (χ3n) is 3.47. The van der Waals surface area contributed by atoms with Crippen molar-refractivity contribution < 1.29 is 14.3 Å². The van der Waals surface area contributed by atoms with E-state index in [0.29, 0.717) is 16.1 Å². The molecule has 0 radical (unpaired) electrons. The number of pyridine rings is 1. The Balaban J connectivity index is 2.31. The topological polar surface area (TPSA) is 92.1 Å². The van der Waals surface area contributed by atoms with Crippen LogP contribution in [-0.2, 0) is 9.53 Å². The van der Waals surface area contributed by atoms with E-state index < -0.39 is 11.9 Å². The molecule has 2 aromatic heterocycles. The van der Waals surface area contributed by atoms with Crippen molar-refractivity contribution in [3.05, 3.63) is 51.7 Å². The first kappa shape index (κ1) is 18.4. The van der Waals surface area contributed by atoms with Crippen LogP contribution in [0.1, 0.15) is 33.3 Å². The number of hydrogen-bond donors (Lipinski definition) is 1. The van der Waals surface area contributed by atoms with Gasteiger partial charge in [-0.25, -0.2) is 4.79 Å². The lowest BCUT2D eigenvalue weighted by molar-refractivity contribution is -0.112. The molecule has 0 aliphatic carbocycles. The number of carbonyl (C=O) groups is 2. The van der Waals surface area contributed by atoms with Gasteiger partial charge in [-0.2, -0.15) is 5.26 Å². The van der Waals surface area contributed by atoms with Crippen LogP contribution in [0.4, 0.5) is 5.00 Å². The Morgan fingerprint density at radius 3 is 2.64 bits per heavy atom. The molecule has 0 saturated carbocycles. The van der Waals surface area contributed by atoms with Crippen LogP contribution in [0.15, 0.2) is 30.1 Å². The summed E-state index contributed by atoms with van der Waals surface area (Å²) in [7, 11) is 0. The van der Waals surface area contributed by atoms with Gasteiger partial charge in [-0.15, -0.1) is 11.3 Å². The zero-order valence-electron chi connectivity index (χ0n) is 14.1. The number of carbonyl (C=O) groups excluding carboxylic acids is 2. The van der Waals surface area contributed by atoms with Crippen molar-refractivity contribution in [3.8, 4) is 6.07 Å². The van der Waals surface area contributed by atoms with Gasteiger partial charge >= 0.3 is 5.97 Å². The Hall–Kier alpha value is -2.98. The summed E-state index contributed by atoms with van der Waals surface area (Å²) >= 11 is 1.28. The number of ether oxygens (including phenoxy) is 1. The lowest BCUT2D eigenvalue weighted by Crippen LogP contribution is -2.16. The van der Waals surface area contributed by atoms with Crippen molar-refractivity contribution in [3.63, 3.8) is 0 Å². The first-order chi connectivity index (χ1) is 12.0. The molecule has 2 aromatic rings. The summed E-state index contributed by atoms with van der Waals surface area (Å²) in [5.74, 6) is -1.07. The van der Waals surface area contributed by atoms with Crippen molar-refractivity contribution in [2.75, 3.05) is 11.9 Å². The summed E-state index contributed by atoms with van der Waals surface area (Å²) < 4.78 is 5.06. The van der Waals surface area contributed by atoms with Crippen LogP contribution in [0, 0.1) is 25.2 Å². The molecule has 0 aliphatic rings. The Bertz CT molecular complexity index is 864. The number of hydrogen-bond acceptors (Lipinski definition) is 6. The van der Waals surface area contributed by atoms with E-state index in [-0.39, 0.29) is 12.2 Å². The molecule has 1 N–H and O–H groups in total. The first-order valence-electron chi connectivity index (χ1n) is 7.58. The summed E-state index contributed by atoms with van der Waals surface area (Å²) in [5, 5.41) is 12.3. The molecule has 0 fully saturated rings. The third kappa shape index (κ3) is 4.31. The van der Waals surface area contributed by atoms with E-state index in [9.17, 15) is 14.9 Å². The zero-order chi connectivity index (χ0) is 18.4. The van der Waals surface area contributed by atoms with E-state index in [1.165, 1.54) is 17.4 Å². The molecule has 0 spiro atoms. The molecule has 0 aliphatic heterocycles. The van der Waals surface area contributed by atoms with E-state index in [2.05, 4.69) is 10.3 Å². The number of amides is 1. The second-order valence-electron chi connectivity index (χ2n) is 5.11. The lowest BCUT2D eigenvalue weighted by Gasteiger charge is -2.06. The second kappa shape index (κ2) is 8.22. The average Bonchev–Trinajstić information content (AvgIpc) is 2.87. The molecular weight excluding hydrogens is 338 g/mol. The van der Waals surface area contributed by atoms with Gasteiger partial charge in [-0.05, 0) is 50.1 Å². The first-order valence-corrected chi connectivity index (χ1v) is 8.39. The number of nitriles is 1. The largest absolute Gasteiger partial charge is 0.462 e. The van der Waals surface area contributed by atoms with E-state index in [0.717, 1.165) is 10.4 Å². The fourth-order valence-corrected chi connectivity index (χ4v) is 3.15. The standard InChI is InChI=1S/C18H17N3O3S/c1-4-24-18(23)15-11(2)12(3)25-17(15)21-16(22)14(10-19)9-13-5-7-20-8-6-13/h5-9H,4H2,1-3H3,(H,21,22). The molecule has 0 aromatic carbocycles. The Morgan fingerprint density at radius 1 is 1.36 bits per heavy atom. The molecule has 0 unspecified atom stereocenters. The van der Waals surface area contributed by atoms with E-state index in [1.54, 1.807) is 38.4 Å². The zero-order valence-corrected chi connectivity index (χ0v) is 14.9. The van der Waals surface area contributed by atoms with Gasteiger partial charge in [-0.3, -0.25) is 9.78 Å². The lowest BCUT2D eigenvalue weighted by atomic mass is 10.1. The summed E-state index contributed by atoms with van der Waals surface area (Å²) in [6.07, 6.45) is 4.61. The molecule has 0 bridgehead atoms. The number of nitrogens with zero attached hydrogens (tertiary/aromatic N) is 2. The van der Waals surface area contributed by atoms with E-state index in [1.807, 2.05) is 13.0 Å². The van der Waals surface area contributed by atoms with Gasteiger partial charge < -0.3 is 10.1 Å². The van der Waals surface area contributed by atoms with Crippen molar-refractivity contribution in [1.29, 1.82) is 5.26 Å². The summed E-state index contributed by atoms with van der Waals surface area (Å²) in [5.41, 5.74) is 1.71. The van der Waals surface area contributed by atoms with Gasteiger partial charge in [0.05, 0.1) is 12.2 Å². The highest BCUT2D eigenvalue weighted by Crippen LogP contribution is 2.33. The third-order valence-corrected chi connectivity index (χ3v) is 4.60. The van der Waals surface area contributed by atoms with Gasteiger partial charge in [0.2, 0.25) is 0 Å². The highest BCUT2D eigenvalue weighted by molar-refractivity contribution is 7.16. The fourth-order valence-electron chi connectivity index (χ4n) is 2.11. The van der Waals surface area contributed by atoms with Crippen molar-refractivity contribution in [2.24, 2.45) is 0 Å².